The summed E-state index contributed by atoms with van der Waals surface area (Å²) in [7, 11) is 2.34. The van der Waals surface area contributed by atoms with Crippen LogP contribution in [0.2, 0.25) is 0 Å². The molecule has 0 aromatic heterocycles. The lowest BCUT2D eigenvalue weighted by Gasteiger charge is -2.43. The second-order valence-corrected chi connectivity index (χ2v) is 6.64. The molecule has 2 unspecified atom stereocenters. The van der Waals surface area contributed by atoms with Gasteiger partial charge in [-0.15, -0.1) is 0 Å². The van der Waals surface area contributed by atoms with Crippen LogP contribution in [0.25, 0.3) is 0 Å². The zero-order valence-corrected chi connectivity index (χ0v) is 11.9. The third-order valence-electron chi connectivity index (χ3n) is 4.64. The summed E-state index contributed by atoms with van der Waals surface area (Å²) in [5.41, 5.74) is 0. The van der Waals surface area contributed by atoms with Crippen LogP contribution in [0.3, 0.4) is 0 Å². The van der Waals surface area contributed by atoms with Crippen molar-refractivity contribution in [2.45, 2.75) is 64.5 Å². The molecule has 1 heterocycles. The minimum Gasteiger partial charge on any atom is -0.311 e. The van der Waals surface area contributed by atoms with E-state index in [-0.39, 0.29) is 0 Å². The molecule has 2 aliphatic rings. The monoisotopic (exact) mass is 238 g/mol. The number of likely N-dealkylation sites (N-methyl/N-ethyl adjacent to an activating group) is 1. The standard InChI is InChI=1S/C15H30N2/c1-12(2)9-14-11-17(3)15(10-16-14)13-7-5-4-6-8-13/h12-16H,4-11H2,1-3H3. The average molecular weight is 238 g/mol. The van der Waals surface area contributed by atoms with E-state index in [0.29, 0.717) is 0 Å². The van der Waals surface area contributed by atoms with Crippen molar-refractivity contribution in [1.82, 2.24) is 10.2 Å². The highest BCUT2D eigenvalue weighted by Crippen LogP contribution is 2.29. The molecule has 2 fully saturated rings. The van der Waals surface area contributed by atoms with Crippen LogP contribution in [0.4, 0.5) is 0 Å². The normalized spacial score (nSPS) is 33.2. The Bertz CT molecular complexity index is 221. The molecule has 2 atom stereocenters. The lowest BCUT2D eigenvalue weighted by atomic mass is 9.82. The van der Waals surface area contributed by atoms with Gasteiger partial charge >= 0.3 is 0 Å². The first-order valence-corrected chi connectivity index (χ1v) is 7.60. The van der Waals surface area contributed by atoms with Crippen LogP contribution in [-0.4, -0.2) is 37.1 Å². The van der Waals surface area contributed by atoms with E-state index in [1.807, 2.05) is 0 Å². The van der Waals surface area contributed by atoms with Gasteiger partial charge in [-0.1, -0.05) is 33.1 Å². The lowest BCUT2D eigenvalue weighted by molar-refractivity contribution is 0.0903. The van der Waals surface area contributed by atoms with Crippen molar-refractivity contribution in [1.29, 1.82) is 0 Å². The number of rotatable bonds is 3. The van der Waals surface area contributed by atoms with Crippen LogP contribution in [0.5, 0.6) is 0 Å². The summed E-state index contributed by atoms with van der Waals surface area (Å²) in [6, 6.07) is 1.53. The summed E-state index contributed by atoms with van der Waals surface area (Å²) < 4.78 is 0. The zero-order chi connectivity index (χ0) is 12.3. The molecule has 1 saturated carbocycles. The predicted molar refractivity (Wildman–Crippen MR) is 74.2 cm³/mol. The van der Waals surface area contributed by atoms with E-state index in [0.717, 1.165) is 23.9 Å². The number of hydrogen-bond acceptors (Lipinski definition) is 2. The number of piperazine rings is 1. The van der Waals surface area contributed by atoms with Gasteiger partial charge in [0.15, 0.2) is 0 Å². The van der Waals surface area contributed by atoms with Gasteiger partial charge in [0.2, 0.25) is 0 Å². The summed E-state index contributed by atoms with van der Waals surface area (Å²) >= 11 is 0. The highest BCUT2D eigenvalue weighted by molar-refractivity contribution is 4.89. The van der Waals surface area contributed by atoms with Gasteiger partial charge in [-0.3, -0.25) is 0 Å². The minimum absolute atomic E-state index is 0.722. The van der Waals surface area contributed by atoms with Gasteiger partial charge < -0.3 is 10.2 Å². The molecular formula is C15H30N2. The largest absolute Gasteiger partial charge is 0.311 e. The van der Waals surface area contributed by atoms with Crippen molar-refractivity contribution in [2.24, 2.45) is 11.8 Å². The molecule has 17 heavy (non-hydrogen) atoms. The number of nitrogens with zero attached hydrogens (tertiary/aromatic N) is 1. The fourth-order valence-corrected chi connectivity index (χ4v) is 3.76. The Balaban J connectivity index is 1.82. The zero-order valence-electron chi connectivity index (χ0n) is 11.9. The van der Waals surface area contributed by atoms with E-state index in [1.54, 1.807) is 0 Å². The molecule has 2 rings (SSSR count). The topological polar surface area (TPSA) is 15.3 Å². The van der Waals surface area contributed by atoms with Gasteiger partial charge in [0, 0.05) is 25.2 Å². The molecule has 0 aromatic carbocycles. The van der Waals surface area contributed by atoms with Crippen molar-refractivity contribution in [3.63, 3.8) is 0 Å². The number of hydrogen-bond donors (Lipinski definition) is 1. The van der Waals surface area contributed by atoms with E-state index in [4.69, 9.17) is 0 Å². The summed E-state index contributed by atoms with van der Waals surface area (Å²) in [5, 5.41) is 3.79. The maximum absolute atomic E-state index is 3.79. The lowest BCUT2D eigenvalue weighted by Crippen LogP contribution is -2.57. The molecule has 2 heteroatoms. The van der Waals surface area contributed by atoms with Crippen LogP contribution in [-0.2, 0) is 0 Å². The Hall–Kier alpha value is -0.0800. The first-order chi connectivity index (χ1) is 8.16. The SMILES string of the molecule is CC(C)CC1CN(C)C(C2CCCCC2)CN1. The molecule has 100 valence electrons. The maximum atomic E-state index is 3.79. The molecule has 0 spiro atoms. The van der Waals surface area contributed by atoms with Gasteiger partial charge in [-0.05, 0) is 38.1 Å². The van der Waals surface area contributed by atoms with E-state index in [9.17, 15) is 0 Å². The Morgan fingerprint density at radius 2 is 1.88 bits per heavy atom. The fourth-order valence-electron chi connectivity index (χ4n) is 3.76. The summed E-state index contributed by atoms with van der Waals surface area (Å²) in [4.78, 5) is 2.64. The average Bonchev–Trinajstić information content (AvgIpc) is 2.29. The molecule has 1 N–H and O–H groups in total. The van der Waals surface area contributed by atoms with Gasteiger partial charge in [0.1, 0.15) is 0 Å². The van der Waals surface area contributed by atoms with E-state index >= 15 is 0 Å². The van der Waals surface area contributed by atoms with Crippen LogP contribution < -0.4 is 5.32 Å². The smallest absolute Gasteiger partial charge is 0.0246 e. The molecule has 1 aliphatic carbocycles. The Labute approximate surface area is 107 Å². The minimum atomic E-state index is 0.722. The van der Waals surface area contributed by atoms with Crippen LogP contribution in [0.15, 0.2) is 0 Å². The molecule has 0 radical (unpaired) electrons. The first-order valence-electron chi connectivity index (χ1n) is 7.60. The third kappa shape index (κ3) is 3.69. The van der Waals surface area contributed by atoms with E-state index in [2.05, 4.69) is 31.1 Å². The molecule has 1 saturated heterocycles. The van der Waals surface area contributed by atoms with Crippen LogP contribution in [0, 0.1) is 11.8 Å². The van der Waals surface area contributed by atoms with Crippen molar-refractivity contribution >= 4 is 0 Å². The van der Waals surface area contributed by atoms with Gasteiger partial charge in [0.25, 0.3) is 0 Å². The molecule has 1 aliphatic heterocycles. The van der Waals surface area contributed by atoms with Gasteiger partial charge in [-0.2, -0.15) is 0 Å². The summed E-state index contributed by atoms with van der Waals surface area (Å²) in [6.45, 7) is 7.13. The van der Waals surface area contributed by atoms with Gasteiger partial charge in [-0.25, -0.2) is 0 Å². The molecule has 0 amide bonds. The summed E-state index contributed by atoms with van der Waals surface area (Å²) in [5.74, 6) is 1.77. The van der Waals surface area contributed by atoms with Crippen LogP contribution >= 0.6 is 0 Å². The second-order valence-electron chi connectivity index (χ2n) is 6.64. The molecule has 0 bridgehead atoms. The van der Waals surface area contributed by atoms with Crippen molar-refractivity contribution in [3.05, 3.63) is 0 Å². The van der Waals surface area contributed by atoms with Crippen molar-refractivity contribution in [3.8, 4) is 0 Å². The number of nitrogens with one attached hydrogen (secondary N) is 1. The first kappa shape index (κ1) is 13.4. The van der Waals surface area contributed by atoms with Crippen molar-refractivity contribution in [2.75, 3.05) is 20.1 Å². The van der Waals surface area contributed by atoms with Crippen LogP contribution in [0.1, 0.15) is 52.4 Å². The highest BCUT2D eigenvalue weighted by atomic mass is 15.2. The third-order valence-corrected chi connectivity index (χ3v) is 4.64. The Morgan fingerprint density at radius 1 is 1.18 bits per heavy atom. The Morgan fingerprint density at radius 3 is 2.47 bits per heavy atom. The van der Waals surface area contributed by atoms with Gasteiger partial charge in [0.05, 0.1) is 0 Å². The molecule has 2 nitrogen and oxygen atoms in total. The highest BCUT2D eigenvalue weighted by Gasteiger charge is 2.31. The predicted octanol–water partition coefficient (Wildman–Crippen LogP) is 2.89. The molecular weight excluding hydrogens is 208 g/mol. The van der Waals surface area contributed by atoms with Crippen molar-refractivity contribution < 1.29 is 0 Å². The van der Waals surface area contributed by atoms with E-state index in [1.165, 1.54) is 51.6 Å². The second kappa shape index (κ2) is 6.19. The molecule has 0 aromatic rings. The summed E-state index contributed by atoms with van der Waals surface area (Å²) in [6.07, 6.45) is 8.64. The van der Waals surface area contributed by atoms with E-state index < -0.39 is 0 Å². The Kier molecular flexibility index (Phi) is 4.87. The fraction of sp³-hybridized carbons (Fsp3) is 1.00. The quantitative estimate of drug-likeness (QED) is 0.813. The maximum Gasteiger partial charge on any atom is 0.0246 e.